The smallest absolute Gasteiger partial charge is 0.188 e. The summed E-state index contributed by atoms with van der Waals surface area (Å²) in [4.78, 5) is 13.5. The zero-order valence-corrected chi connectivity index (χ0v) is 16.4. The average Bonchev–Trinajstić information content (AvgIpc) is 2.77. The predicted molar refractivity (Wildman–Crippen MR) is 98.7 cm³/mol. The Labute approximate surface area is 145 Å². The van der Waals surface area contributed by atoms with E-state index < -0.39 is 13.5 Å². The monoisotopic (exact) mass is 339 g/mol. The van der Waals surface area contributed by atoms with Crippen LogP contribution in [0.2, 0.25) is 19.6 Å². The SMILES string of the molecule is COc1ccc2c(c1)C([Si](C)(C)C)=C1CCC(C)(C)C1(C#N)C2=O. The lowest BCUT2D eigenvalue weighted by atomic mass is 9.61. The molecule has 0 bridgehead atoms. The summed E-state index contributed by atoms with van der Waals surface area (Å²) in [6.45, 7) is 11.0. The first kappa shape index (κ1) is 17.0. The highest BCUT2D eigenvalue weighted by atomic mass is 28.3. The molecule has 1 unspecified atom stereocenters. The number of nitrogens with zero attached hydrogens (tertiary/aromatic N) is 1. The Morgan fingerprint density at radius 2 is 1.88 bits per heavy atom. The number of rotatable bonds is 2. The van der Waals surface area contributed by atoms with Crippen molar-refractivity contribution in [2.24, 2.45) is 10.8 Å². The molecule has 0 heterocycles. The number of hydrogen-bond acceptors (Lipinski definition) is 3. The van der Waals surface area contributed by atoms with Gasteiger partial charge in [-0.2, -0.15) is 5.26 Å². The van der Waals surface area contributed by atoms with Gasteiger partial charge < -0.3 is 4.74 Å². The van der Waals surface area contributed by atoms with Crippen LogP contribution in [0.25, 0.3) is 5.20 Å². The number of allylic oxidation sites excluding steroid dienone is 1. The van der Waals surface area contributed by atoms with E-state index in [2.05, 4.69) is 39.6 Å². The first-order valence-electron chi connectivity index (χ1n) is 8.49. The van der Waals surface area contributed by atoms with Crippen molar-refractivity contribution in [2.45, 2.75) is 46.3 Å². The van der Waals surface area contributed by atoms with Gasteiger partial charge in [0.15, 0.2) is 5.78 Å². The summed E-state index contributed by atoms with van der Waals surface area (Å²) < 4.78 is 5.40. The van der Waals surface area contributed by atoms with Crippen LogP contribution in [0.5, 0.6) is 5.75 Å². The molecule has 1 atom stereocenters. The molecule has 0 aromatic heterocycles. The van der Waals surface area contributed by atoms with E-state index in [4.69, 9.17) is 4.74 Å². The third kappa shape index (κ3) is 1.97. The van der Waals surface area contributed by atoms with Crippen LogP contribution in [0.1, 0.15) is 42.6 Å². The van der Waals surface area contributed by atoms with Crippen molar-refractivity contribution in [1.82, 2.24) is 0 Å². The highest BCUT2D eigenvalue weighted by molar-refractivity contribution is 6.94. The summed E-state index contributed by atoms with van der Waals surface area (Å²) in [6.07, 6.45) is 1.71. The molecule has 1 aromatic carbocycles. The minimum atomic E-state index is -1.76. The van der Waals surface area contributed by atoms with Gasteiger partial charge in [0.1, 0.15) is 11.2 Å². The molecule has 3 rings (SSSR count). The van der Waals surface area contributed by atoms with Gasteiger partial charge in [-0.1, -0.05) is 38.7 Å². The number of hydrogen-bond donors (Lipinski definition) is 0. The second-order valence-corrected chi connectivity index (χ2v) is 13.6. The topological polar surface area (TPSA) is 50.1 Å². The number of fused-ring (bicyclic) bond motifs is 2. The van der Waals surface area contributed by atoms with Crippen molar-refractivity contribution in [1.29, 1.82) is 5.26 Å². The summed E-state index contributed by atoms with van der Waals surface area (Å²) >= 11 is 0. The number of benzene rings is 1. The van der Waals surface area contributed by atoms with Gasteiger partial charge in [0.2, 0.25) is 0 Å². The molecule has 2 aliphatic carbocycles. The van der Waals surface area contributed by atoms with Crippen LogP contribution in [0, 0.1) is 22.2 Å². The lowest BCUT2D eigenvalue weighted by Crippen LogP contribution is -2.45. The van der Waals surface area contributed by atoms with Gasteiger partial charge in [-0.05, 0) is 47.6 Å². The summed E-state index contributed by atoms with van der Waals surface area (Å²) in [7, 11) is -0.119. The lowest BCUT2D eigenvalue weighted by Gasteiger charge is -2.42. The molecule has 126 valence electrons. The van der Waals surface area contributed by atoms with Gasteiger partial charge in [-0.15, -0.1) is 0 Å². The molecule has 1 aromatic rings. The van der Waals surface area contributed by atoms with E-state index >= 15 is 0 Å². The van der Waals surface area contributed by atoms with Gasteiger partial charge in [-0.25, -0.2) is 0 Å². The van der Waals surface area contributed by atoms with Crippen LogP contribution in [0.4, 0.5) is 0 Å². The standard InChI is InChI=1S/C20H25NO2Si/c1-19(2)10-9-16-17(24(4,5)6)15-11-13(23-3)7-8-14(15)18(22)20(16,19)12-21/h7-8,11H,9-10H2,1-6H3. The number of carbonyl (C=O) groups is 1. The molecule has 4 heteroatoms. The van der Waals surface area contributed by atoms with Crippen molar-refractivity contribution < 1.29 is 9.53 Å². The van der Waals surface area contributed by atoms with E-state index in [0.717, 1.165) is 29.7 Å². The number of methoxy groups -OCH3 is 1. The van der Waals surface area contributed by atoms with Crippen molar-refractivity contribution >= 4 is 19.1 Å². The molecular formula is C20H25NO2Si. The summed E-state index contributed by atoms with van der Waals surface area (Å²) in [5.41, 5.74) is 1.42. The molecule has 0 radical (unpaired) electrons. The van der Waals surface area contributed by atoms with Gasteiger partial charge in [-0.3, -0.25) is 4.79 Å². The number of ketones is 1. The van der Waals surface area contributed by atoms with Crippen molar-refractivity contribution in [3.63, 3.8) is 0 Å². The highest BCUT2D eigenvalue weighted by Gasteiger charge is 2.61. The summed E-state index contributed by atoms with van der Waals surface area (Å²) in [6, 6.07) is 8.14. The summed E-state index contributed by atoms with van der Waals surface area (Å²) in [5, 5.41) is 11.4. The largest absolute Gasteiger partial charge is 0.497 e. The van der Waals surface area contributed by atoms with Gasteiger partial charge in [0, 0.05) is 5.56 Å². The van der Waals surface area contributed by atoms with Gasteiger partial charge in [0.25, 0.3) is 0 Å². The van der Waals surface area contributed by atoms with Gasteiger partial charge in [0.05, 0.1) is 21.3 Å². The van der Waals surface area contributed by atoms with Gasteiger partial charge >= 0.3 is 0 Å². The van der Waals surface area contributed by atoms with Crippen molar-refractivity contribution in [3.8, 4) is 11.8 Å². The Morgan fingerprint density at radius 1 is 1.21 bits per heavy atom. The van der Waals surface area contributed by atoms with Crippen LogP contribution < -0.4 is 4.74 Å². The Bertz CT molecular complexity index is 808. The fraction of sp³-hybridized carbons (Fsp3) is 0.500. The van der Waals surface area contributed by atoms with E-state index in [-0.39, 0.29) is 11.2 Å². The molecule has 0 spiro atoms. The maximum Gasteiger partial charge on any atom is 0.188 e. The quantitative estimate of drug-likeness (QED) is 0.724. The zero-order valence-electron chi connectivity index (χ0n) is 15.4. The van der Waals surface area contributed by atoms with E-state index in [1.165, 1.54) is 5.20 Å². The van der Waals surface area contributed by atoms with Crippen LogP contribution in [-0.2, 0) is 0 Å². The Kier molecular flexibility index (Phi) is 3.58. The maximum atomic E-state index is 13.5. The van der Waals surface area contributed by atoms with Crippen LogP contribution in [0.15, 0.2) is 23.8 Å². The minimum absolute atomic E-state index is 0.0258. The van der Waals surface area contributed by atoms with E-state index in [1.807, 2.05) is 18.2 Å². The second-order valence-electron chi connectivity index (χ2n) is 8.59. The Hall–Kier alpha value is -1.86. The fourth-order valence-corrected chi connectivity index (χ4v) is 6.76. The fourth-order valence-electron chi connectivity index (χ4n) is 4.52. The molecule has 24 heavy (non-hydrogen) atoms. The van der Waals surface area contributed by atoms with Crippen molar-refractivity contribution in [2.75, 3.05) is 7.11 Å². The first-order chi connectivity index (χ1) is 11.1. The van der Waals surface area contributed by atoms with E-state index in [0.29, 0.717) is 5.56 Å². The molecular weight excluding hydrogens is 314 g/mol. The normalized spacial score (nSPS) is 25.1. The number of nitriles is 1. The lowest BCUT2D eigenvalue weighted by molar-refractivity contribution is 0.0771. The molecule has 0 aliphatic heterocycles. The molecule has 3 nitrogen and oxygen atoms in total. The molecule has 0 N–H and O–H groups in total. The number of ether oxygens (including phenoxy) is 1. The van der Waals surface area contributed by atoms with Crippen molar-refractivity contribution in [3.05, 3.63) is 34.9 Å². The molecule has 1 saturated carbocycles. The Morgan fingerprint density at radius 3 is 2.42 bits per heavy atom. The first-order valence-corrected chi connectivity index (χ1v) is 12.0. The van der Waals surface area contributed by atoms with Crippen LogP contribution in [0.3, 0.4) is 0 Å². The maximum absolute atomic E-state index is 13.5. The molecule has 0 saturated heterocycles. The van der Waals surface area contributed by atoms with E-state index in [9.17, 15) is 10.1 Å². The molecule has 1 fully saturated rings. The number of carbonyl (C=O) groups excluding carboxylic acids is 1. The minimum Gasteiger partial charge on any atom is -0.497 e. The van der Waals surface area contributed by atoms with E-state index in [1.54, 1.807) is 7.11 Å². The zero-order chi connectivity index (χ0) is 17.9. The predicted octanol–water partition coefficient (Wildman–Crippen LogP) is 4.85. The Balaban J connectivity index is 2.45. The van der Waals surface area contributed by atoms with Crippen LogP contribution >= 0.6 is 0 Å². The third-order valence-electron chi connectivity index (χ3n) is 5.77. The number of Topliss-reactive ketones (excluding diaryl/α,β-unsaturated/α-hetero) is 1. The second kappa shape index (κ2) is 5.06. The van der Waals surface area contributed by atoms with Crippen LogP contribution in [-0.4, -0.2) is 21.0 Å². The average molecular weight is 340 g/mol. The third-order valence-corrected chi connectivity index (χ3v) is 7.84. The molecule has 2 aliphatic rings. The molecule has 0 amide bonds. The highest BCUT2D eigenvalue weighted by Crippen LogP contribution is 2.62. The summed E-state index contributed by atoms with van der Waals surface area (Å²) in [5.74, 6) is 0.738.